The highest BCUT2D eigenvalue weighted by Crippen LogP contribution is 2.18. The smallest absolute Gasteiger partial charge is 0.337 e. The number of benzene rings is 1. The van der Waals surface area contributed by atoms with Crippen LogP contribution in [0.2, 0.25) is 5.02 Å². The minimum atomic E-state index is -1.07. The van der Waals surface area contributed by atoms with Crippen molar-refractivity contribution in [2.75, 3.05) is 0 Å². The molecule has 5 heteroatoms. The lowest BCUT2D eigenvalue weighted by molar-refractivity contribution is 0.0696. The monoisotopic (exact) mass is 277 g/mol. The molecule has 0 radical (unpaired) electrons. The van der Waals surface area contributed by atoms with Crippen LogP contribution in [0, 0.1) is 6.92 Å². The molecule has 98 valence electrons. The van der Waals surface area contributed by atoms with E-state index in [0.717, 1.165) is 11.1 Å². The molecule has 19 heavy (non-hydrogen) atoms. The number of hydrogen-bond donors (Lipinski definition) is 1. The second-order valence-corrected chi connectivity index (χ2v) is 4.69. The maximum atomic E-state index is 11.7. The summed E-state index contributed by atoms with van der Waals surface area (Å²) in [7, 11) is 0. The SMILES string of the molecule is Cc1ccc(Cn2cc(C(=O)O)ccc2=O)c(Cl)c1. The molecule has 0 bridgehead atoms. The molecule has 0 fully saturated rings. The van der Waals surface area contributed by atoms with E-state index >= 15 is 0 Å². The van der Waals surface area contributed by atoms with Gasteiger partial charge < -0.3 is 9.67 Å². The molecule has 0 unspecified atom stereocenters. The highest BCUT2D eigenvalue weighted by Gasteiger charge is 2.07. The van der Waals surface area contributed by atoms with Crippen molar-refractivity contribution in [3.8, 4) is 0 Å². The first kappa shape index (κ1) is 13.4. The van der Waals surface area contributed by atoms with Gasteiger partial charge in [-0.3, -0.25) is 4.79 Å². The molecule has 2 rings (SSSR count). The highest BCUT2D eigenvalue weighted by molar-refractivity contribution is 6.31. The molecule has 1 aromatic heterocycles. The van der Waals surface area contributed by atoms with E-state index in [1.54, 1.807) is 0 Å². The highest BCUT2D eigenvalue weighted by atomic mass is 35.5. The first-order chi connectivity index (χ1) is 8.97. The van der Waals surface area contributed by atoms with Gasteiger partial charge >= 0.3 is 5.97 Å². The van der Waals surface area contributed by atoms with Gasteiger partial charge in [0.2, 0.25) is 0 Å². The van der Waals surface area contributed by atoms with Crippen LogP contribution in [0.1, 0.15) is 21.5 Å². The van der Waals surface area contributed by atoms with E-state index in [4.69, 9.17) is 16.7 Å². The number of halogens is 1. The molecule has 0 aliphatic rings. The summed E-state index contributed by atoms with van der Waals surface area (Å²) in [6.07, 6.45) is 1.32. The van der Waals surface area contributed by atoms with Crippen molar-refractivity contribution in [1.82, 2.24) is 4.57 Å². The zero-order valence-electron chi connectivity index (χ0n) is 10.3. The lowest BCUT2D eigenvalue weighted by Crippen LogP contribution is -2.20. The molecule has 1 heterocycles. The van der Waals surface area contributed by atoms with Gasteiger partial charge in [-0.05, 0) is 30.2 Å². The molecular weight excluding hydrogens is 266 g/mol. The molecule has 4 nitrogen and oxygen atoms in total. The number of carboxylic acids is 1. The number of aromatic nitrogens is 1. The van der Waals surface area contributed by atoms with Crippen molar-refractivity contribution in [2.45, 2.75) is 13.5 Å². The summed E-state index contributed by atoms with van der Waals surface area (Å²) < 4.78 is 1.33. The van der Waals surface area contributed by atoms with Gasteiger partial charge in [0, 0.05) is 17.3 Å². The lowest BCUT2D eigenvalue weighted by atomic mass is 10.1. The van der Waals surface area contributed by atoms with Crippen LogP contribution in [0.4, 0.5) is 0 Å². The van der Waals surface area contributed by atoms with Crippen LogP contribution in [0.15, 0.2) is 41.3 Å². The molecule has 0 aliphatic heterocycles. The van der Waals surface area contributed by atoms with E-state index in [9.17, 15) is 9.59 Å². The molecule has 0 spiro atoms. The summed E-state index contributed by atoms with van der Waals surface area (Å²) >= 11 is 6.10. The van der Waals surface area contributed by atoms with Crippen molar-refractivity contribution >= 4 is 17.6 Å². The van der Waals surface area contributed by atoms with Gasteiger partial charge in [0.05, 0.1) is 12.1 Å². The zero-order chi connectivity index (χ0) is 14.0. The number of aryl methyl sites for hydroxylation is 1. The molecular formula is C14H12ClNO3. The van der Waals surface area contributed by atoms with Crippen molar-refractivity contribution in [3.63, 3.8) is 0 Å². The predicted octanol–water partition coefficient (Wildman–Crippen LogP) is 2.56. The van der Waals surface area contributed by atoms with Crippen molar-refractivity contribution in [1.29, 1.82) is 0 Å². The van der Waals surface area contributed by atoms with Crippen LogP contribution in [-0.4, -0.2) is 15.6 Å². The zero-order valence-corrected chi connectivity index (χ0v) is 11.0. The van der Waals surface area contributed by atoms with Crippen molar-refractivity contribution in [3.05, 3.63) is 68.6 Å². The number of pyridine rings is 1. The van der Waals surface area contributed by atoms with E-state index in [1.165, 1.54) is 22.9 Å². The van der Waals surface area contributed by atoms with E-state index in [-0.39, 0.29) is 17.7 Å². The second-order valence-electron chi connectivity index (χ2n) is 4.28. The molecule has 0 saturated carbocycles. The summed E-state index contributed by atoms with van der Waals surface area (Å²) in [5.41, 5.74) is 1.61. The largest absolute Gasteiger partial charge is 0.478 e. The van der Waals surface area contributed by atoms with Crippen LogP contribution in [0.5, 0.6) is 0 Å². The molecule has 0 atom stereocenters. The van der Waals surface area contributed by atoms with Crippen LogP contribution in [-0.2, 0) is 6.54 Å². The normalized spacial score (nSPS) is 10.4. The molecule has 1 N–H and O–H groups in total. The van der Waals surface area contributed by atoms with E-state index < -0.39 is 5.97 Å². The second kappa shape index (κ2) is 5.28. The minimum absolute atomic E-state index is 0.0721. The number of aromatic carboxylic acids is 1. The van der Waals surface area contributed by atoms with Gasteiger partial charge in [-0.15, -0.1) is 0 Å². The number of carbonyl (C=O) groups is 1. The number of rotatable bonds is 3. The molecule has 2 aromatic rings. The third-order valence-electron chi connectivity index (χ3n) is 2.78. The Balaban J connectivity index is 2.40. The molecule has 0 amide bonds. The van der Waals surface area contributed by atoms with Gasteiger partial charge in [0.15, 0.2) is 0 Å². The quantitative estimate of drug-likeness (QED) is 0.938. The predicted molar refractivity (Wildman–Crippen MR) is 73.0 cm³/mol. The fourth-order valence-electron chi connectivity index (χ4n) is 1.75. The molecule has 1 aromatic carbocycles. The number of carboxylic acid groups (broad SMARTS) is 1. The summed E-state index contributed by atoms with van der Waals surface area (Å²) in [4.78, 5) is 22.6. The van der Waals surface area contributed by atoms with Gasteiger partial charge in [0.1, 0.15) is 0 Å². The summed E-state index contributed by atoms with van der Waals surface area (Å²) in [5.74, 6) is -1.07. The Morgan fingerprint density at radius 3 is 2.68 bits per heavy atom. The summed E-state index contributed by atoms with van der Waals surface area (Å²) in [5, 5.41) is 9.48. The topological polar surface area (TPSA) is 59.3 Å². The molecule has 0 saturated heterocycles. The average molecular weight is 278 g/mol. The van der Waals surface area contributed by atoms with Crippen molar-refractivity contribution in [2.24, 2.45) is 0 Å². The Hall–Kier alpha value is -2.07. The minimum Gasteiger partial charge on any atom is -0.478 e. The summed E-state index contributed by atoms with van der Waals surface area (Å²) in [6.45, 7) is 2.17. The Morgan fingerprint density at radius 2 is 2.05 bits per heavy atom. The van der Waals surface area contributed by atoms with Gasteiger partial charge in [-0.2, -0.15) is 0 Å². The number of hydrogen-bond acceptors (Lipinski definition) is 2. The third kappa shape index (κ3) is 3.03. The lowest BCUT2D eigenvalue weighted by Gasteiger charge is -2.09. The fourth-order valence-corrected chi connectivity index (χ4v) is 2.04. The first-order valence-electron chi connectivity index (χ1n) is 5.66. The Bertz CT molecular complexity index is 691. The van der Waals surface area contributed by atoms with Gasteiger partial charge in [-0.25, -0.2) is 4.79 Å². The van der Waals surface area contributed by atoms with Crippen molar-refractivity contribution < 1.29 is 9.90 Å². The fraction of sp³-hybridized carbons (Fsp3) is 0.143. The van der Waals surface area contributed by atoms with Crippen LogP contribution >= 0.6 is 11.6 Å². The molecule has 0 aliphatic carbocycles. The van der Waals surface area contributed by atoms with Crippen LogP contribution in [0.3, 0.4) is 0 Å². The van der Waals surface area contributed by atoms with E-state index in [2.05, 4.69) is 0 Å². The standard InChI is InChI=1S/C14H12ClNO3/c1-9-2-3-10(12(15)6-9)7-16-8-11(14(18)19)4-5-13(16)17/h2-6,8H,7H2,1H3,(H,18,19). The maximum Gasteiger partial charge on any atom is 0.337 e. The van der Waals surface area contributed by atoms with Gasteiger partial charge in [-0.1, -0.05) is 23.7 Å². The Labute approximate surface area is 114 Å². The third-order valence-corrected chi connectivity index (χ3v) is 3.13. The van der Waals surface area contributed by atoms with Crippen LogP contribution in [0.25, 0.3) is 0 Å². The number of nitrogens with zero attached hydrogens (tertiary/aromatic N) is 1. The van der Waals surface area contributed by atoms with Crippen LogP contribution < -0.4 is 5.56 Å². The Kier molecular flexibility index (Phi) is 3.71. The average Bonchev–Trinajstić information content (AvgIpc) is 2.34. The maximum absolute atomic E-state index is 11.7. The first-order valence-corrected chi connectivity index (χ1v) is 6.04. The summed E-state index contributed by atoms with van der Waals surface area (Å²) in [6, 6.07) is 8.07. The Morgan fingerprint density at radius 1 is 1.32 bits per heavy atom. The van der Waals surface area contributed by atoms with E-state index in [1.807, 2.05) is 25.1 Å². The van der Waals surface area contributed by atoms with Gasteiger partial charge in [0.25, 0.3) is 5.56 Å². The van der Waals surface area contributed by atoms with E-state index in [0.29, 0.717) is 5.02 Å².